The fourth-order valence-corrected chi connectivity index (χ4v) is 3.61. The van der Waals surface area contributed by atoms with Gasteiger partial charge in [-0.3, -0.25) is 19.1 Å². The van der Waals surface area contributed by atoms with Gasteiger partial charge in [-0.25, -0.2) is 9.18 Å². The second-order valence-corrected chi connectivity index (χ2v) is 8.01. The van der Waals surface area contributed by atoms with Gasteiger partial charge in [-0.05, 0) is 54.2 Å². The fraction of sp³-hybridized carbons (Fsp3) is 0.304. The average Bonchev–Trinajstić information content (AvgIpc) is 3.25. The third-order valence-corrected chi connectivity index (χ3v) is 5.34. The summed E-state index contributed by atoms with van der Waals surface area (Å²) in [6.07, 6.45) is 0.329. The Hall–Kier alpha value is -3.50. The first-order valence-electron chi connectivity index (χ1n) is 10.5. The molecule has 3 aromatic rings. The number of nitrogens with zero attached hydrogens (tertiary/aromatic N) is 1. The second-order valence-electron chi connectivity index (χ2n) is 7.57. The minimum Gasteiger partial charge on any atom is -0.481 e. The van der Waals surface area contributed by atoms with E-state index in [1.165, 1.54) is 18.2 Å². The van der Waals surface area contributed by atoms with Crippen molar-refractivity contribution in [1.82, 2.24) is 15.5 Å². The van der Waals surface area contributed by atoms with Gasteiger partial charge in [-0.15, -0.1) is 0 Å². The van der Waals surface area contributed by atoms with Crippen molar-refractivity contribution in [2.45, 2.75) is 25.8 Å². The lowest BCUT2D eigenvalue weighted by atomic mass is 9.94. The number of amides is 1. The number of carbonyl (C=O) groups is 2. The quantitative estimate of drug-likeness (QED) is 0.374. The summed E-state index contributed by atoms with van der Waals surface area (Å²) in [5, 5.41) is 16.0. The molecule has 1 heterocycles. The van der Waals surface area contributed by atoms with Crippen molar-refractivity contribution in [3.8, 4) is 11.1 Å². The summed E-state index contributed by atoms with van der Waals surface area (Å²) >= 11 is 5.98. The lowest BCUT2D eigenvalue weighted by molar-refractivity contribution is -0.144. The molecule has 3 N–H and O–H groups in total. The third-order valence-electron chi connectivity index (χ3n) is 5.11. The van der Waals surface area contributed by atoms with E-state index >= 15 is 0 Å². The van der Waals surface area contributed by atoms with Gasteiger partial charge in [0.2, 0.25) is 5.82 Å². The molecule has 0 unspecified atom stereocenters. The Morgan fingerprint density at radius 2 is 2.00 bits per heavy atom. The number of carbonyl (C=O) groups excluding carboxylic acids is 1. The highest BCUT2D eigenvalue weighted by atomic mass is 35.5. The van der Waals surface area contributed by atoms with Crippen LogP contribution in [0, 0.1) is 11.7 Å². The van der Waals surface area contributed by atoms with E-state index in [-0.39, 0.29) is 25.3 Å². The van der Waals surface area contributed by atoms with Crippen molar-refractivity contribution >= 4 is 23.5 Å². The van der Waals surface area contributed by atoms with Crippen molar-refractivity contribution in [1.29, 1.82) is 0 Å². The molecule has 2 atom stereocenters. The SMILES string of the molecule is CCOC[C@H](C[C@@H](Cc1ccc(-c2cc(Cl)ccc2F)cc1)NC(=O)c1noc(=O)[nH]1)C(=O)O. The number of hydrogen-bond acceptors (Lipinski definition) is 6. The van der Waals surface area contributed by atoms with Gasteiger partial charge in [0, 0.05) is 23.2 Å². The summed E-state index contributed by atoms with van der Waals surface area (Å²) in [7, 11) is 0. The van der Waals surface area contributed by atoms with Gasteiger partial charge >= 0.3 is 11.7 Å². The number of halogens is 2. The lowest BCUT2D eigenvalue weighted by Gasteiger charge is -2.22. The largest absolute Gasteiger partial charge is 0.481 e. The molecule has 1 aromatic heterocycles. The van der Waals surface area contributed by atoms with Crippen LogP contribution in [0.25, 0.3) is 11.1 Å². The molecule has 0 saturated carbocycles. The highest BCUT2D eigenvalue weighted by Gasteiger charge is 2.26. The Kier molecular flexibility index (Phi) is 8.55. The van der Waals surface area contributed by atoms with Crippen LogP contribution >= 0.6 is 11.6 Å². The maximum atomic E-state index is 14.2. The molecule has 0 aliphatic carbocycles. The van der Waals surface area contributed by atoms with Gasteiger partial charge in [-0.1, -0.05) is 35.9 Å². The Balaban J connectivity index is 1.80. The van der Waals surface area contributed by atoms with E-state index in [2.05, 4.69) is 20.0 Å². The molecular weight excluding hydrogens is 469 g/mol. The molecular formula is C23H23ClFN3O6. The van der Waals surface area contributed by atoms with E-state index in [4.69, 9.17) is 16.3 Å². The number of hydrogen-bond donors (Lipinski definition) is 3. The average molecular weight is 492 g/mol. The minimum atomic E-state index is -1.06. The van der Waals surface area contributed by atoms with Crippen LogP contribution in [-0.4, -0.2) is 46.4 Å². The summed E-state index contributed by atoms with van der Waals surface area (Å²) in [4.78, 5) is 37.5. The van der Waals surface area contributed by atoms with E-state index in [0.717, 1.165) is 5.56 Å². The monoisotopic (exact) mass is 491 g/mol. The van der Waals surface area contributed by atoms with Crippen LogP contribution in [0.3, 0.4) is 0 Å². The van der Waals surface area contributed by atoms with Crippen LogP contribution in [0.2, 0.25) is 5.02 Å². The van der Waals surface area contributed by atoms with Crippen molar-refractivity contribution in [3.05, 3.63) is 75.2 Å². The highest BCUT2D eigenvalue weighted by molar-refractivity contribution is 6.30. The Bertz CT molecular complexity index is 1190. The number of rotatable bonds is 11. The van der Waals surface area contributed by atoms with Crippen molar-refractivity contribution in [2.24, 2.45) is 5.92 Å². The van der Waals surface area contributed by atoms with Gasteiger partial charge in [0.05, 0.1) is 12.5 Å². The zero-order valence-electron chi connectivity index (χ0n) is 18.2. The first kappa shape index (κ1) is 25.1. The van der Waals surface area contributed by atoms with Crippen LogP contribution in [0.4, 0.5) is 4.39 Å². The predicted octanol–water partition coefficient (Wildman–Crippen LogP) is 3.29. The summed E-state index contributed by atoms with van der Waals surface area (Å²) < 4.78 is 23.8. The maximum Gasteiger partial charge on any atom is 0.439 e. The lowest BCUT2D eigenvalue weighted by Crippen LogP contribution is -2.40. The summed E-state index contributed by atoms with van der Waals surface area (Å²) in [5.41, 5.74) is 1.73. The Morgan fingerprint density at radius 1 is 1.26 bits per heavy atom. The normalized spacial score (nSPS) is 12.8. The smallest absolute Gasteiger partial charge is 0.439 e. The predicted molar refractivity (Wildman–Crippen MR) is 121 cm³/mol. The van der Waals surface area contributed by atoms with Crippen molar-refractivity contribution in [3.63, 3.8) is 0 Å². The molecule has 180 valence electrons. The van der Waals surface area contributed by atoms with Gasteiger partial charge in [-0.2, -0.15) is 0 Å². The second kappa shape index (κ2) is 11.6. The van der Waals surface area contributed by atoms with Crippen molar-refractivity contribution in [2.75, 3.05) is 13.2 Å². The number of aliphatic carboxylic acids is 1. The molecule has 11 heteroatoms. The number of carboxylic acids is 1. The summed E-state index contributed by atoms with van der Waals surface area (Å²) in [6, 6.07) is 10.6. The first-order valence-corrected chi connectivity index (χ1v) is 10.9. The number of aromatic amines is 1. The number of aromatic nitrogens is 2. The fourth-order valence-electron chi connectivity index (χ4n) is 3.44. The number of benzene rings is 2. The standard InChI is InChI=1S/C23H23ClFN3O6/c1-2-33-12-15(22(30)31)10-17(26-21(29)20-27-23(32)34-28-20)9-13-3-5-14(6-4-13)18-11-16(24)7-8-19(18)25/h3-8,11,15,17H,2,9-10,12H2,1H3,(H,26,29)(H,30,31)(H,27,28,32)/t15-,17+/m0/s1. The van der Waals surface area contributed by atoms with E-state index in [1.54, 1.807) is 31.2 Å². The molecule has 0 aliphatic rings. The third kappa shape index (κ3) is 6.75. The van der Waals surface area contributed by atoms with E-state index in [1.807, 2.05) is 0 Å². The highest BCUT2D eigenvalue weighted by Crippen LogP contribution is 2.26. The maximum absolute atomic E-state index is 14.2. The van der Waals surface area contributed by atoms with Crippen LogP contribution in [0.5, 0.6) is 0 Å². The molecule has 0 bridgehead atoms. The molecule has 0 fully saturated rings. The minimum absolute atomic E-state index is 0.0218. The van der Waals surface area contributed by atoms with Gasteiger partial charge in [0.15, 0.2) is 0 Å². The Morgan fingerprint density at radius 3 is 2.62 bits per heavy atom. The number of carboxylic acid groups (broad SMARTS) is 1. The number of H-pyrrole nitrogens is 1. The molecule has 2 aromatic carbocycles. The molecule has 0 aliphatic heterocycles. The topological polar surface area (TPSA) is 135 Å². The first-order chi connectivity index (χ1) is 16.3. The van der Waals surface area contributed by atoms with Crippen LogP contribution < -0.4 is 11.1 Å². The zero-order chi connectivity index (χ0) is 24.7. The van der Waals surface area contributed by atoms with Gasteiger partial charge in [0.1, 0.15) is 5.82 Å². The zero-order valence-corrected chi connectivity index (χ0v) is 19.0. The van der Waals surface area contributed by atoms with E-state index in [0.29, 0.717) is 22.8 Å². The van der Waals surface area contributed by atoms with Crippen LogP contribution in [0.15, 0.2) is 51.8 Å². The Labute approximate surface area is 198 Å². The molecule has 0 spiro atoms. The van der Waals surface area contributed by atoms with Gasteiger partial charge < -0.3 is 15.2 Å². The van der Waals surface area contributed by atoms with E-state index in [9.17, 15) is 23.9 Å². The van der Waals surface area contributed by atoms with Crippen LogP contribution in [-0.2, 0) is 16.0 Å². The molecule has 0 saturated heterocycles. The molecule has 34 heavy (non-hydrogen) atoms. The van der Waals surface area contributed by atoms with Gasteiger partial charge in [0.25, 0.3) is 5.91 Å². The summed E-state index contributed by atoms with van der Waals surface area (Å²) in [5.74, 6) is -4.27. The van der Waals surface area contributed by atoms with Crippen molar-refractivity contribution < 1.29 is 28.3 Å². The molecule has 9 nitrogen and oxygen atoms in total. The van der Waals surface area contributed by atoms with Crippen LogP contribution in [0.1, 0.15) is 29.5 Å². The molecule has 0 radical (unpaired) electrons. The molecule has 3 rings (SSSR count). The number of nitrogens with one attached hydrogen (secondary N) is 2. The summed E-state index contributed by atoms with van der Waals surface area (Å²) in [6.45, 7) is 2.08. The number of ether oxygens (including phenoxy) is 1. The molecule has 1 amide bonds. The van der Waals surface area contributed by atoms with E-state index < -0.39 is 35.4 Å².